The van der Waals surface area contributed by atoms with Crippen LogP contribution in [-0.2, 0) is 32.6 Å². The van der Waals surface area contributed by atoms with Crippen LogP contribution >= 0.6 is 11.8 Å². The van der Waals surface area contributed by atoms with Gasteiger partial charge >= 0.3 is 15.6 Å². The second-order valence-corrected chi connectivity index (χ2v) is 9.52. The van der Waals surface area contributed by atoms with Gasteiger partial charge in [0.05, 0.1) is 24.0 Å². The largest absolute Gasteiger partial charge is 0.534 e. The maximum Gasteiger partial charge on any atom is 0.534 e. The van der Waals surface area contributed by atoms with Gasteiger partial charge in [0.15, 0.2) is 11.9 Å². The summed E-state index contributed by atoms with van der Waals surface area (Å²) in [5.41, 5.74) is -4.41. The summed E-state index contributed by atoms with van der Waals surface area (Å²) in [6.07, 6.45) is 1.25. The molecule has 0 radical (unpaired) electrons. The Morgan fingerprint density at radius 2 is 1.97 bits per heavy atom. The lowest BCUT2D eigenvalue weighted by atomic mass is 9.94. The number of aromatic nitrogens is 2. The van der Waals surface area contributed by atoms with Gasteiger partial charge in [-0.25, -0.2) is 4.98 Å². The minimum Gasteiger partial charge on any atom is -0.468 e. The van der Waals surface area contributed by atoms with Gasteiger partial charge in [-0.2, -0.15) is 26.6 Å². The van der Waals surface area contributed by atoms with E-state index >= 15 is 0 Å². The Labute approximate surface area is 197 Å². The van der Waals surface area contributed by atoms with Crippen molar-refractivity contribution in [2.24, 2.45) is 0 Å². The Morgan fingerprint density at radius 3 is 2.68 bits per heavy atom. The van der Waals surface area contributed by atoms with E-state index in [2.05, 4.69) is 14.2 Å². The summed E-state index contributed by atoms with van der Waals surface area (Å²) in [7, 11) is -4.40. The van der Waals surface area contributed by atoms with Crippen LogP contribution in [0.3, 0.4) is 0 Å². The highest BCUT2D eigenvalue weighted by molar-refractivity contribution is 7.98. The third-order valence-corrected chi connectivity index (χ3v) is 6.55. The second kappa shape index (κ2) is 9.56. The summed E-state index contributed by atoms with van der Waals surface area (Å²) in [5, 5.41) is 1.87. The molecule has 1 aromatic heterocycles. The van der Waals surface area contributed by atoms with Crippen LogP contribution in [0.25, 0.3) is 10.8 Å². The zero-order valence-electron chi connectivity index (χ0n) is 18.0. The normalized spacial score (nSPS) is 16.3. The Hall–Kier alpha value is -2.61. The number of alkyl halides is 3. The first-order chi connectivity index (χ1) is 16.1. The van der Waals surface area contributed by atoms with Crippen molar-refractivity contribution in [3.05, 3.63) is 53.2 Å². The van der Waals surface area contributed by atoms with E-state index in [-0.39, 0.29) is 30.5 Å². The fourth-order valence-electron chi connectivity index (χ4n) is 3.52. The van der Waals surface area contributed by atoms with Gasteiger partial charge in [0.2, 0.25) is 5.88 Å². The summed E-state index contributed by atoms with van der Waals surface area (Å²) >= 11 is 1.05. The molecule has 2 aromatic carbocycles. The molecule has 0 amide bonds. The second-order valence-electron chi connectivity index (χ2n) is 7.21. The number of hydrogen-bond acceptors (Lipinski definition) is 9. The molecular weight excluding hydrogens is 497 g/mol. The van der Waals surface area contributed by atoms with Crippen molar-refractivity contribution in [2.75, 3.05) is 20.2 Å². The average molecular weight is 517 g/mol. The predicted molar refractivity (Wildman–Crippen MR) is 117 cm³/mol. The molecule has 2 heterocycles. The van der Waals surface area contributed by atoms with Crippen molar-refractivity contribution < 1.29 is 40.0 Å². The number of hydrogen-bond donors (Lipinski definition) is 0. The van der Waals surface area contributed by atoms with E-state index in [0.717, 1.165) is 28.1 Å². The highest BCUT2D eigenvalue weighted by Crippen LogP contribution is 2.39. The van der Waals surface area contributed by atoms with E-state index in [1.807, 2.05) is 30.3 Å². The number of rotatable bonds is 7. The molecule has 4 rings (SSSR count). The van der Waals surface area contributed by atoms with Crippen LogP contribution in [-0.4, -0.2) is 44.1 Å². The van der Waals surface area contributed by atoms with Crippen LogP contribution < -0.4 is 8.92 Å². The van der Waals surface area contributed by atoms with Gasteiger partial charge in [0, 0.05) is 13.5 Å². The molecule has 0 bridgehead atoms. The van der Waals surface area contributed by atoms with Gasteiger partial charge in [0.25, 0.3) is 0 Å². The summed E-state index contributed by atoms with van der Waals surface area (Å²) in [6.45, 7) is -0.195. The molecule has 0 fully saturated rings. The number of nitrogens with zero attached hydrogens (tertiary/aromatic N) is 2. The lowest BCUT2D eigenvalue weighted by Gasteiger charge is -2.27. The summed E-state index contributed by atoms with van der Waals surface area (Å²) in [6, 6.07) is 11.3. The number of methoxy groups -OCH3 is 1. The first-order valence-corrected chi connectivity index (χ1v) is 12.5. The minimum atomic E-state index is -5.90. The number of halogens is 3. The van der Waals surface area contributed by atoms with Crippen LogP contribution in [0, 0.1) is 0 Å². The zero-order valence-corrected chi connectivity index (χ0v) is 19.6. The zero-order chi connectivity index (χ0) is 24.5. The molecule has 0 saturated heterocycles. The smallest absolute Gasteiger partial charge is 0.468 e. The Kier molecular flexibility index (Phi) is 6.90. The van der Waals surface area contributed by atoms with Crippen LogP contribution in [0.4, 0.5) is 13.2 Å². The van der Waals surface area contributed by atoms with Gasteiger partial charge in [-0.05, 0) is 34.7 Å². The third kappa shape index (κ3) is 4.92. The summed E-state index contributed by atoms with van der Waals surface area (Å²) in [5.74, 6) is -0.134. The predicted octanol–water partition coefficient (Wildman–Crippen LogP) is 4.38. The first-order valence-electron chi connectivity index (χ1n) is 9.83. The number of benzene rings is 2. The molecule has 13 heteroatoms. The first kappa shape index (κ1) is 24.5. The van der Waals surface area contributed by atoms with Crippen molar-refractivity contribution in [1.29, 1.82) is 0 Å². The fraction of sp³-hybridized carbons (Fsp3) is 0.333. The van der Waals surface area contributed by atoms with E-state index in [1.165, 1.54) is 7.11 Å². The number of fused-ring (bicyclic) bond motifs is 2. The monoisotopic (exact) mass is 516 g/mol. The maximum atomic E-state index is 12.9. The molecule has 0 aliphatic carbocycles. The lowest BCUT2D eigenvalue weighted by Crippen LogP contribution is -2.29. The molecule has 1 unspecified atom stereocenters. The molecule has 182 valence electrons. The van der Waals surface area contributed by atoms with E-state index < -0.39 is 27.6 Å². The van der Waals surface area contributed by atoms with Crippen LogP contribution in [0.1, 0.15) is 22.9 Å². The Balaban J connectivity index is 1.74. The van der Waals surface area contributed by atoms with Gasteiger partial charge < -0.3 is 18.4 Å². The molecular formula is C21H19F3N2O6S2. The Morgan fingerprint density at radius 1 is 1.21 bits per heavy atom. The highest BCUT2D eigenvalue weighted by atomic mass is 32.2. The van der Waals surface area contributed by atoms with Crippen molar-refractivity contribution in [1.82, 2.24) is 9.97 Å². The standard InChI is InChI=1S/C21H19F3N2O6S2/c1-29-11-31-13-7-12-5-3-4-6-14(12)15(8-13)18-9-17-16(10-30-18)19(26-20(25-17)33-2)32-34(27,28)21(22,23)24/h3-8,18H,9-11H2,1-2H3. The van der Waals surface area contributed by atoms with Crippen molar-refractivity contribution >= 4 is 32.7 Å². The van der Waals surface area contributed by atoms with Gasteiger partial charge in [-0.3, -0.25) is 0 Å². The van der Waals surface area contributed by atoms with Gasteiger partial charge in [-0.15, -0.1) is 0 Å². The summed E-state index contributed by atoms with van der Waals surface area (Å²) in [4.78, 5) is 8.21. The average Bonchev–Trinajstić information content (AvgIpc) is 2.80. The van der Waals surface area contributed by atoms with Crippen LogP contribution in [0.15, 0.2) is 41.6 Å². The number of thioether (sulfide) groups is 1. The maximum absolute atomic E-state index is 12.9. The lowest BCUT2D eigenvalue weighted by molar-refractivity contribution is -0.0503. The quantitative estimate of drug-likeness (QED) is 0.149. The fourth-order valence-corrected chi connectivity index (χ4v) is 4.33. The van der Waals surface area contributed by atoms with E-state index in [0.29, 0.717) is 11.4 Å². The van der Waals surface area contributed by atoms with Crippen molar-refractivity contribution in [2.45, 2.75) is 29.8 Å². The highest BCUT2D eigenvalue weighted by Gasteiger charge is 2.49. The minimum absolute atomic E-state index is 0.0465. The molecule has 0 spiro atoms. The molecule has 1 aliphatic rings. The molecule has 1 aliphatic heterocycles. The molecule has 1 atom stereocenters. The molecule has 34 heavy (non-hydrogen) atoms. The Bertz CT molecular complexity index is 1320. The SMILES string of the molecule is COCOc1cc(C2Cc3nc(SC)nc(OS(=O)(=O)C(F)(F)F)c3CO2)c2ccccc2c1. The third-order valence-electron chi connectivity index (χ3n) is 5.05. The van der Waals surface area contributed by atoms with Crippen LogP contribution in [0.2, 0.25) is 0 Å². The van der Waals surface area contributed by atoms with E-state index in [9.17, 15) is 21.6 Å². The molecule has 3 aromatic rings. The van der Waals surface area contributed by atoms with E-state index in [4.69, 9.17) is 14.2 Å². The van der Waals surface area contributed by atoms with Crippen molar-refractivity contribution in [3.63, 3.8) is 0 Å². The van der Waals surface area contributed by atoms with Gasteiger partial charge in [-0.1, -0.05) is 36.0 Å². The van der Waals surface area contributed by atoms with E-state index in [1.54, 1.807) is 12.3 Å². The summed E-state index contributed by atoms with van der Waals surface area (Å²) < 4.78 is 82.7. The molecule has 8 nitrogen and oxygen atoms in total. The number of ether oxygens (including phenoxy) is 3. The molecule has 0 saturated carbocycles. The topological polar surface area (TPSA) is 96.8 Å². The molecule has 0 N–H and O–H groups in total. The van der Waals surface area contributed by atoms with Crippen molar-refractivity contribution in [3.8, 4) is 11.6 Å². The van der Waals surface area contributed by atoms with Gasteiger partial charge in [0.1, 0.15) is 5.75 Å². The van der Waals surface area contributed by atoms with Crippen LogP contribution in [0.5, 0.6) is 11.6 Å².